The lowest BCUT2D eigenvalue weighted by molar-refractivity contribution is 0.421. The molecule has 76 valence electrons. The van der Waals surface area contributed by atoms with Gasteiger partial charge in [-0.25, -0.2) is 0 Å². The molecule has 0 heterocycles. The summed E-state index contributed by atoms with van der Waals surface area (Å²) in [5.74, 6) is 1.20. The van der Waals surface area contributed by atoms with Gasteiger partial charge in [0.15, 0.2) is 0 Å². The summed E-state index contributed by atoms with van der Waals surface area (Å²) in [6.07, 6.45) is 1.98. The second-order valence-corrected chi connectivity index (χ2v) is 4.67. The maximum absolute atomic E-state index is 4.17. The first-order valence-corrected chi connectivity index (χ1v) is 4.95. The monoisotopic (exact) mass is 181 g/mol. The number of nitrogens with zero attached hydrogens (tertiary/aromatic N) is 1. The number of hydrogen-bond acceptors (Lipinski definition) is 1. The van der Waals surface area contributed by atoms with Gasteiger partial charge >= 0.3 is 0 Å². The van der Waals surface area contributed by atoms with Gasteiger partial charge in [-0.15, -0.1) is 0 Å². The predicted octanol–water partition coefficient (Wildman–Crippen LogP) is 3.56. The van der Waals surface area contributed by atoms with Crippen molar-refractivity contribution in [2.75, 3.05) is 7.05 Å². The van der Waals surface area contributed by atoms with Crippen LogP contribution in [0.5, 0.6) is 0 Å². The van der Waals surface area contributed by atoms with E-state index in [1.54, 1.807) is 0 Å². The largest absolute Gasteiger partial charge is 0.300 e. The molecule has 13 heavy (non-hydrogen) atoms. The lowest BCUT2D eigenvalue weighted by Gasteiger charge is -2.29. The van der Waals surface area contributed by atoms with Crippen LogP contribution in [0.3, 0.4) is 0 Å². The average Bonchev–Trinajstić information content (AvgIpc) is 2.01. The molecule has 0 rings (SSSR count). The molecular formula is C12H23N. The van der Waals surface area contributed by atoms with E-state index in [-0.39, 0.29) is 5.41 Å². The maximum atomic E-state index is 4.17. The molecule has 0 aromatic heterocycles. The standard InChI is InChI=1S/C12H23N/c1-9(2)10(3)11(4)12(5,6)8-13-7/h8-10H,4H2,1-3,5-7H3. The zero-order valence-electron chi connectivity index (χ0n) is 9.89. The summed E-state index contributed by atoms with van der Waals surface area (Å²) in [6.45, 7) is 15.2. The molecule has 0 aliphatic heterocycles. The second-order valence-electron chi connectivity index (χ2n) is 4.67. The first kappa shape index (κ1) is 12.4. The van der Waals surface area contributed by atoms with Crippen molar-refractivity contribution in [3.63, 3.8) is 0 Å². The van der Waals surface area contributed by atoms with Gasteiger partial charge in [-0.2, -0.15) is 0 Å². The zero-order chi connectivity index (χ0) is 10.6. The molecule has 0 saturated carbocycles. The van der Waals surface area contributed by atoms with E-state index in [0.717, 1.165) is 0 Å². The Bertz CT molecular complexity index is 199. The Kier molecular flexibility index (Phi) is 4.38. The highest BCUT2D eigenvalue weighted by molar-refractivity contribution is 5.69. The minimum absolute atomic E-state index is 0.0262. The fourth-order valence-corrected chi connectivity index (χ4v) is 1.39. The molecule has 1 unspecified atom stereocenters. The minimum Gasteiger partial charge on any atom is -0.300 e. The van der Waals surface area contributed by atoms with Crippen molar-refractivity contribution in [2.24, 2.45) is 22.2 Å². The summed E-state index contributed by atoms with van der Waals surface area (Å²) >= 11 is 0. The lowest BCUT2D eigenvalue weighted by atomic mass is 9.76. The highest BCUT2D eigenvalue weighted by Crippen LogP contribution is 2.32. The van der Waals surface area contributed by atoms with Crippen LogP contribution >= 0.6 is 0 Å². The normalized spacial score (nSPS) is 15.3. The van der Waals surface area contributed by atoms with E-state index in [1.165, 1.54) is 5.57 Å². The van der Waals surface area contributed by atoms with Gasteiger partial charge in [-0.1, -0.05) is 46.8 Å². The molecule has 0 aromatic carbocycles. The van der Waals surface area contributed by atoms with Crippen LogP contribution in [0, 0.1) is 17.3 Å². The van der Waals surface area contributed by atoms with Crippen molar-refractivity contribution < 1.29 is 0 Å². The predicted molar refractivity (Wildman–Crippen MR) is 61.3 cm³/mol. The minimum atomic E-state index is 0.0262. The average molecular weight is 181 g/mol. The highest BCUT2D eigenvalue weighted by atomic mass is 14.7. The topological polar surface area (TPSA) is 12.4 Å². The van der Waals surface area contributed by atoms with Crippen LogP contribution in [-0.4, -0.2) is 13.3 Å². The number of aliphatic imine (C=N–C) groups is 1. The van der Waals surface area contributed by atoms with Crippen LogP contribution in [-0.2, 0) is 0 Å². The summed E-state index contributed by atoms with van der Waals surface area (Å²) in [7, 11) is 1.81. The summed E-state index contributed by atoms with van der Waals surface area (Å²) in [5.41, 5.74) is 1.30. The third-order valence-corrected chi connectivity index (χ3v) is 2.83. The van der Waals surface area contributed by atoms with Crippen molar-refractivity contribution in [1.29, 1.82) is 0 Å². The summed E-state index contributed by atoms with van der Waals surface area (Å²) < 4.78 is 0. The summed E-state index contributed by atoms with van der Waals surface area (Å²) in [6, 6.07) is 0. The second kappa shape index (κ2) is 4.59. The molecule has 0 saturated heterocycles. The summed E-state index contributed by atoms with van der Waals surface area (Å²) in [5, 5.41) is 0. The number of hydrogen-bond donors (Lipinski definition) is 0. The van der Waals surface area contributed by atoms with E-state index in [0.29, 0.717) is 11.8 Å². The molecule has 0 radical (unpaired) electrons. The Morgan fingerprint density at radius 2 is 1.77 bits per heavy atom. The van der Waals surface area contributed by atoms with E-state index in [4.69, 9.17) is 0 Å². The van der Waals surface area contributed by atoms with Gasteiger partial charge in [0.2, 0.25) is 0 Å². The smallest absolute Gasteiger partial charge is 0.0273 e. The van der Waals surface area contributed by atoms with E-state index >= 15 is 0 Å². The van der Waals surface area contributed by atoms with Crippen molar-refractivity contribution in [1.82, 2.24) is 0 Å². The number of rotatable bonds is 4. The van der Waals surface area contributed by atoms with E-state index in [9.17, 15) is 0 Å². The Morgan fingerprint density at radius 1 is 1.31 bits per heavy atom. The molecule has 0 aromatic rings. The quantitative estimate of drug-likeness (QED) is 0.464. The Balaban J connectivity index is 4.58. The Hall–Kier alpha value is -0.590. The molecule has 0 fully saturated rings. The van der Waals surface area contributed by atoms with Crippen molar-refractivity contribution in [3.05, 3.63) is 12.2 Å². The first-order chi connectivity index (χ1) is 5.83. The summed E-state index contributed by atoms with van der Waals surface area (Å²) in [4.78, 5) is 4.08. The fraction of sp³-hybridized carbons (Fsp3) is 0.750. The van der Waals surface area contributed by atoms with Crippen molar-refractivity contribution in [2.45, 2.75) is 34.6 Å². The van der Waals surface area contributed by atoms with Gasteiger partial charge in [-0.05, 0) is 11.8 Å². The fourth-order valence-electron chi connectivity index (χ4n) is 1.39. The molecule has 0 spiro atoms. The molecule has 1 heteroatoms. The molecule has 0 bridgehead atoms. The SMILES string of the molecule is C=C(C(C)C(C)C)C(C)(C)C=NC. The van der Waals surface area contributed by atoms with Gasteiger partial charge in [-0.3, -0.25) is 4.99 Å². The van der Waals surface area contributed by atoms with Crippen molar-refractivity contribution >= 4 is 6.21 Å². The molecule has 0 N–H and O–H groups in total. The molecule has 0 aliphatic rings. The first-order valence-electron chi connectivity index (χ1n) is 4.95. The van der Waals surface area contributed by atoms with Crippen LogP contribution in [0.2, 0.25) is 0 Å². The maximum Gasteiger partial charge on any atom is 0.0273 e. The Labute approximate surface area is 83.0 Å². The van der Waals surface area contributed by atoms with E-state index < -0.39 is 0 Å². The molecular weight excluding hydrogens is 158 g/mol. The molecule has 1 nitrogen and oxygen atoms in total. The van der Waals surface area contributed by atoms with E-state index in [2.05, 4.69) is 46.2 Å². The van der Waals surface area contributed by atoms with Gasteiger partial charge in [0.25, 0.3) is 0 Å². The van der Waals surface area contributed by atoms with Gasteiger partial charge in [0.1, 0.15) is 0 Å². The van der Waals surface area contributed by atoms with Crippen LogP contribution in [0.4, 0.5) is 0 Å². The van der Waals surface area contributed by atoms with Crippen LogP contribution in [0.15, 0.2) is 17.1 Å². The number of allylic oxidation sites excluding steroid dienone is 1. The molecule has 0 aliphatic carbocycles. The molecule has 1 atom stereocenters. The van der Waals surface area contributed by atoms with E-state index in [1.807, 2.05) is 13.3 Å². The third-order valence-electron chi connectivity index (χ3n) is 2.83. The van der Waals surface area contributed by atoms with Crippen LogP contribution < -0.4 is 0 Å². The lowest BCUT2D eigenvalue weighted by Crippen LogP contribution is -2.23. The third kappa shape index (κ3) is 3.33. The molecule has 0 amide bonds. The van der Waals surface area contributed by atoms with Gasteiger partial charge < -0.3 is 0 Å². The van der Waals surface area contributed by atoms with Crippen LogP contribution in [0.1, 0.15) is 34.6 Å². The highest BCUT2D eigenvalue weighted by Gasteiger charge is 2.24. The Morgan fingerprint density at radius 3 is 2.08 bits per heavy atom. The van der Waals surface area contributed by atoms with Gasteiger partial charge in [0.05, 0.1) is 0 Å². The van der Waals surface area contributed by atoms with Crippen LogP contribution in [0.25, 0.3) is 0 Å². The van der Waals surface area contributed by atoms with Crippen molar-refractivity contribution in [3.8, 4) is 0 Å². The zero-order valence-corrected chi connectivity index (χ0v) is 9.89. The van der Waals surface area contributed by atoms with Gasteiger partial charge in [0, 0.05) is 18.7 Å².